The van der Waals surface area contributed by atoms with Gasteiger partial charge in [-0.3, -0.25) is 19.3 Å². The molecule has 35 heavy (non-hydrogen) atoms. The summed E-state index contributed by atoms with van der Waals surface area (Å²) in [7, 11) is -3.85. The van der Waals surface area contributed by atoms with Crippen molar-refractivity contribution in [2.75, 3.05) is 18.5 Å². The average molecular weight is 556 g/mol. The van der Waals surface area contributed by atoms with Crippen LogP contribution in [0.5, 0.6) is 5.75 Å². The van der Waals surface area contributed by atoms with E-state index in [2.05, 4.69) is 5.32 Å². The van der Waals surface area contributed by atoms with E-state index in [0.717, 1.165) is 11.8 Å². The van der Waals surface area contributed by atoms with E-state index in [-0.39, 0.29) is 39.4 Å². The number of aliphatic carboxylic acids is 1. The summed E-state index contributed by atoms with van der Waals surface area (Å²) in [4.78, 5) is 37.2. The molecule has 0 aliphatic carbocycles. The number of hydrogen-bond donors (Lipinski definition) is 3. The van der Waals surface area contributed by atoms with Crippen molar-refractivity contribution in [3.05, 3.63) is 58.0 Å². The Bertz CT molecular complexity index is 1330. The van der Waals surface area contributed by atoms with Crippen LogP contribution in [-0.2, 0) is 24.4 Å². The molecule has 2 aromatic rings. The minimum atomic E-state index is -3.85. The van der Waals surface area contributed by atoms with E-state index in [0.29, 0.717) is 16.3 Å². The second-order valence-corrected chi connectivity index (χ2v) is 10.7. The van der Waals surface area contributed by atoms with E-state index in [9.17, 15) is 22.8 Å². The minimum absolute atomic E-state index is 0.0470. The first-order valence-corrected chi connectivity index (χ1v) is 12.9. The quantitative estimate of drug-likeness (QED) is 0.312. The third-order valence-corrected chi connectivity index (χ3v) is 7.05. The summed E-state index contributed by atoms with van der Waals surface area (Å²) in [5.74, 6) is -1.74. The molecule has 0 bridgehead atoms. The molecular weight excluding hydrogens is 538 g/mol. The molecule has 14 heteroatoms. The lowest BCUT2D eigenvalue weighted by Gasteiger charge is -2.12. The molecule has 0 spiro atoms. The number of primary sulfonamides is 1. The van der Waals surface area contributed by atoms with Crippen LogP contribution in [0.4, 0.5) is 5.69 Å². The fourth-order valence-electron chi connectivity index (χ4n) is 2.87. The van der Waals surface area contributed by atoms with Crippen LogP contribution < -0.4 is 15.2 Å². The van der Waals surface area contributed by atoms with Crippen molar-refractivity contribution in [1.29, 1.82) is 0 Å². The number of carboxylic acids is 1. The summed E-state index contributed by atoms with van der Waals surface area (Å²) in [6.07, 6.45) is 1.26. The van der Waals surface area contributed by atoms with Gasteiger partial charge in [-0.05, 0) is 48.5 Å². The van der Waals surface area contributed by atoms with Gasteiger partial charge in [0.05, 0.1) is 16.2 Å². The van der Waals surface area contributed by atoms with Crippen LogP contribution in [0.2, 0.25) is 5.02 Å². The molecule has 2 amide bonds. The standard InChI is InChI=1S/C21H18ClN3O7S3/c22-13-1-6-16(32-11-18(26)24-14-2-4-15(5-3-14)35(23,30)31)12(9-13)10-17-20(29)25(21(33)34-17)8-7-19(27)28/h1-6,9-10H,7-8,11H2,(H,24,26)(H,27,28)(H2,23,30,31)/b17-10-. The molecule has 184 valence electrons. The van der Waals surface area contributed by atoms with Crippen molar-refractivity contribution in [3.8, 4) is 5.75 Å². The van der Waals surface area contributed by atoms with E-state index in [1.165, 1.54) is 41.3 Å². The summed E-state index contributed by atoms with van der Waals surface area (Å²) in [5.41, 5.74) is 0.758. The molecule has 0 aromatic heterocycles. The molecule has 0 saturated carbocycles. The lowest BCUT2D eigenvalue weighted by Crippen LogP contribution is -2.30. The van der Waals surface area contributed by atoms with Crippen LogP contribution in [0, 0.1) is 0 Å². The third-order valence-electron chi connectivity index (χ3n) is 4.51. The maximum atomic E-state index is 12.7. The molecule has 0 radical (unpaired) electrons. The summed E-state index contributed by atoms with van der Waals surface area (Å²) in [6, 6.07) is 9.93. The van der Waals surface area contributed by atoms with Crippen molar-refractivity contribution in [3.63, 3.8) is 0 Å². The zero-order chi connectivity index (χ0) is 25.8. The zero-order valence-electron chi connectivity index (χ0n) is 17.8. The first-order chi connectivity index (χ1) is 16.4. The fourth-order valence-corrected chi connectivity index (χ4v) is 4.87. The van der Waals surface area contributed by atoms with Gasteiger partial charge in [0, 0.05) is 22.8 Å². The topological polar surface area (TPSA) is 156 Å². The Balaban J connectivity index is 1.70. The Hall–Kier alpha value is -2.97. The van der Waals surface area contributed by atoms with Crippen LogP contribution in [-0.4, -0.2) is 53.7 Å². The number of hydrogen-bond acceptors (Lipinski definition) is 8. The Kier molecular flexibility index (Phi) is 8.51. The Morgan fingerprint density at radius 1 is 1.23 bits per heavy atom. The molecule has 1 heterocycles. The number of carboxylic acid groups (broad SMARTS) is 1. The number of anilines is 1. The number of nitrogens with zero attached hydrogens (tertiary/aromatic N) is 1. The predicted molar refractivity (Wildman–Crippen MR) is 136 cm³/mol. The van der Waals surface area contributed by atoms with Gasteiger partial charge < -0.3 is 15.2 Å². The Morgan fingerprint density at radius 3 is 2.54 bits per heavy atom. The molecule has 2 aromatic carbocycles. The van der Waals surface area contributed by atoms with E-state index in [1.54, 1.807) is 12.1 Å². The Morgan fingerprint density at radius 2 is 1.91 bits per heavy atom. The lowest BCUT2D eigenvalue weighted by molar-refractivity contribution is -0.137. The lowest BCUT2D eigenvalue weighted by atomic mass is 10.2. The molecule has 10 nitrogen and oxygen atoms in total. The summed E-state index contributed by atoms with van der Waals surface area (Å²) in [5, 5.41) is 16.8. The number of sulfonamides is 1. The van der Waals surface area contributed by atoms with E-state index in [1.807, 2.05) is 0 Å². The molecule has 0 unspecified atom stereocenters. The van der Waals surface area contributed by atoms with Gasteiger partial charge in [0.15, 0.2) is 6.61 Å². The smallest absolute Gasteiger partial charge is 0.305 e. The molecule has 3 rings (SSSR count). The SMILES string of the molecule is NS(=O)(=O)c1ccc(NC(=O)COc2ccc(Cl)cc2/C=C2\SC(=S)N(CCC(=O)O)C2=O)cc1. The van der Waals surface area contributed by atoms with Crippen molar-refractivity contribution in [2.24, 2.45) is 5.14 Å². The Labute approximate surface area is 215 Å². The van der Waals surface area contributed by atoms with Crippen molar-refractivity contribution in [2.45, 2.75) is 11.3 Å². The number of thioether (sulfide) groups is 1. The van der Waals surface area contributed by atoms with Crippen LogP contribution in [0.3, 0.4) is 0 Å². The largest absolute Gasteiger partial charge is 0.483 e. The number of nitrogens with one attached hydrogen (secondary N) is 1. The van der Waals surface area contributed by atoms with Crippen molar-refractivity contribution >= 4 is 79.5 Å². The number of carbonyl (C=O) groups excluding carboxylic acids is 2. The molecule has 1 aliphatic rings. The number of halogens is 1. The number of ether oxygens (including phenoxy) is 1. The van der Waals surface area contributed by atoms with Crippen molar-refractivity contribution in [1.82, 2.24) is 4.90 Å². The van der Waals surface area contributed by atoms with Gasteiger partial charge >= 0.3 is 5.97 Å². The van der Waals surface area contributed by atoms with Crippen molar-refractivity contribution < 1.29 is 32.6 Å². The highest BCUT2D eigenvalue weighted by Crippen LogP contribution is 2.35. The fraction of sp³-hybridized carbons (Fsp3) is 0.143. The molecule has 1 saturated heterocycles. The van der Waals surface area contributed by atoms with Crippen LogP contribution in [0.15, 0.2) is 52.3 Å². The highest BCUT2D eigenvalue weighted by Gasteiger charge is 2.32. The number of benzene rings is 2. The molecular formula is C21H18ClN3O7S3. The summed E-state index contributed by atoms with van der Waals surface area (Å²) >= 11 is 12.3. The van der Waals surface area contributed by atoms with E-state index >= 15 is 0 Å². The van der Waals surface area contributed by atoms with Gasteiger partial charge in [-0.15, -0.1) is 0 Å². The number of nitrogens with two attached hydrogens (primary N) is 1. The second kappa shape index (κ2) is 11.2. The second-order valence-electron chi connectivity index (χ2n) is 7.07. The number of thiocarbonyl (C=S) groups is 1. The van der Waals surface area contributed by atoms with Gasteiger partial charge in [-0.2, -0.15) is 0 Å². The maximum absolute atomic E-state index is 12.7. The average Bonchev–Trinajstić information content (AvgIpc) is 3.03. The number of carbonyl (C=O) groups is 3. The summed E-state index contributed by atoms with van der Waals surface area (Å²) in [6.45, 7) is -0.437. The van der Waals surface area contributed by atoms with Crippen LogP contribution >= 0.6 is 35.6 Å². The first kappa shape index (κ1) is 26.6. The zero-order valence-corrected chi connectivity index (χ0v) is 21.0. The van der Waals surface area contributed by atoms with Gasteiger partial charge in [0.2, 0.25) is 10.0 Å². The monoisotopic (exact) mass is 555 g/mol. The van der Waals surface area contributed by atoms with Gasteiger partial charge in [-0.25, -0.2) is 13.6 Å². The van der Waals surface area contributed by atoms with E-state index in [4.69, 9.17) is 38.8 Å². The van der Waals surface area contributed by atoms with Gasteiger partial charge in [0.25, 0.3) is 11.8 Å². The third kappa shape index (κ3) is 7.26. The normalized spacial score (nSPS) is 14.9. The molecule has 4 N–H and O–H groups in total. The van der Waals surface area contributed by atoms with Gasteiger partial charge in [-0.1, -0.05) is 35.6 Å². The van der Waals surface area contributed by atoms with Crippen LogP contribution in [0.25, 0.3) is 6.08 Å². The maximum Gasteiger partial charge on any atom is 0.305 e. The van der Waals surface area contributed by atoms with Gasteiger partial charge in [0.1, 0.15) is 10.1 Å². The highest BCUT2D eigenvalue weighted by molar-refractivity contribution is 8.26. The van der Waals surface area contributed by atoms with E-state index < -0.39 is 27.8 Å². The van der Waals surface area contributed by atoms with Crippen LogP contribution in [0.1, 0.15) is 12.0 Å². The molecule has 0 atom stereocenters. The number of rotatable bonds is 9. The minimum Gasteiger partial charge on any atom is -0.483 e. The predicted octanol–water partition coefficient (Wildman–Crippen LogP) is 2.68. The first-order valence-electron chi connectivity index (χ1n) is 9.76. The highest BCUT2D eigenvalue weighted by atomic mass is 35.5. The molecule has 1 aliphatic heterocycles. The molecule has 1 fully saturated rings. The summed E-state index contributed by atoms with van der Waals surface area (Å²) < 4.78 is 28.5. The number of amides is 2.